The first kappa shape index (κ1) is 22.0. The highest BCUT2D eigenvalue weighted by molar-refractivity contribution is 7.89. The lowest BCUT2D eigenvalue weighted by Gasteiger charge is -2.17. The van der Waals surface area contributed by atoms with E-state index < -0.39 is 22.2 Å². The molecule has 0 aromatic heterocycles. The summed E-state index contributed by atoms with van der Waals surface area (Å²) in [6, 6.07) is 4.48. The van der Waals surface area contributed by atoms with Crippen molar-refractivity contribution in [3.05, 3.63) is 18.2 Å². The van der Waals surface area contributed by atoms with Crippen LogP contribution in [0.25, 0.3) is 0 Å². The predicted octanol–water partition coefficient (Wildman–Crippen LogP) is 1.06. The molecule has 8 nitrogen and oxygen atoms in total. The molecule has 3 N–H and O–H groups in total. The van der Waals surface area contributed by atoms with Crippen LogP contribution in [0.15, 0.2) is 23.1 Å². The standard InChI is InChI=1S/C12H18N2O4S.C2HF3O2/c1-17-11-4-3-10(7-12(11)18-2)19(15,16)14-6-5-9(13)8-14;3-2(4,5)1(6)7/h3-4,7,9H,5-6,8,13H2,1-2H3;(H,6,7). The zero-order valence-corrected chi connectivity index (χ0v) is 14.8. The van der Waals surface area contributed by atoms with Crippen molar-refractivity contribution in [2.45, 2.75) is 23.5 Å². The van der Waals surface area contributed by atoms with E-state index in [2.05, 4.69) is 0 Å². The molecule has 0 radical (unpaired) electrons. The molecule has 26 heavy (non-hydrogen) atoms. The molecule has 1 atom stereocenters. The SMILES string of the molecule is COc1ccc(S(=O)(=O)N2CCC(N)C2)cc1OC.O=C(O)C(F)(F)F. The molecule has 12 heteroatoms. The van der Waals surface area contributed by atoms with Crippen molar-refractivity contribution in [1.29, 1.82) is 0 Å². The van der Waals surface area contributed by atoms with Gasteiger partial charge in [-0.15, -0.1) is 0 Å². The van der Waals surface area contributed by atoms with E-state index in [0.29, 0.717) is 31.0 Å². The third-order valence-corrected chi connectivity index (χ3v) is 5.28. The molecule has 0 saturated carbocycles. The summed E-state index contributed by atoms with van der Waals surface area (Å²) in [5.41, 5.74) is 5.75. The number of carboxylic acid groups (broad SMARTS) is 1. The highest BCUT2D eigenvalue weighted by Crippen LogP contribution is 2.31. The summed E-state index contributed by atoms with van der Waals surface area (Å²) in [5, 5.41) is 7.12. The van der Waals surface area contributed by atoms with E-state index in [1.54, 1.807) is 6.07 Å². The van der Waals surface area contributed by atoms with Crippen LogP contribution >= 0.6 is 0 Å². The molecule has 0 bridgehead atoms. The third kappa shape index (κ3) is 5.47. The molecule has 0 aliphatic carbocycles. The van der Waals surface area contributed by atoms with Crippen LogP contribution in [0.2, 0.25) is 0 Å². The zero-order valence-electron chi connectivity index (χ0n) is 14.0. The number of rotatable bonds is 4. The fourth-order valence-corrected chi connectivity index (χ4v) is 3.63. The van der Waals surface area contributed by atoms with Crippen molar-refractivity contribution < 1.29 is 41.0 Å². The summed E-state index contributed by atoms with van der Waals surface area (Å²) in [5.74, 6) is -1.86. The number of hydrogen-bond acceptors (Lipinski definition) is 6. The van der Waals surface area contributed by atoms with Crippen molar-refractivity contribution in [3.63, 3.8) is 0 Å². The van der Waals surface area contributed by atoms with Crippen molar-refractivity contribution in [3.8, 4) is 11.5 Å². The van der Waals surface area contributed by atoms with Crippen molar-refractivity contribution in [2.24, 2.45) is 5.73 Å². The Morgan fingerprint density at radius 2 is 1.81 bits per heavy atom. The summed E-state index contributed by atoms with van der Waals surface area (Å²) < 4.78 is 68.2. The number of ether oxygens (including phenoxy) is 2. The van der Waals surface area contributed by atoms with E-state index in [4.69, 9.17) is 25.1 Å². The summed E-state index contributed by atoms with van der Waals surface area (Å²) in [7, 11) is -0.534. The molecule has 1 saturated heterocycles. The smallest absolute Gasteiger partial charge is 0.490 e. The number of aliphatic carboxylic acids is 1. The highest BCUT2D eigenvalue weighted by atomic mass is 32.2. The minimum Gasteiger partial charge on any atom is -0.493 e. The molecule has 148 valence electrons. The molecule has 0 spiro atoms. The van der Waals surface area contributed by atoms with Crippen LogP contribution in [-0.4, -0.2) is 63.3 Å². The number of carbonyl (C=O) groups is 1. The quantitative estimate of drug-likeness (QED) is 0.776. The van der Waals surface area contributed by atoms with Gasteiger partial charge in [-0.05, 0) is 18.6 Å². The number of benzene rings is 1. The van der Waals surface area contributed by atoms with Gasteiger partial charge in [-0.25, -0.2) is 13.2 Å². The first-order valence-electron chi connectivity index (χ1n) is 7.21. The second kappa shape index (κ2) is 8.56. The number of sulfonamides is 1. The zero-order chi connectivity index (χ0) is 20.1. The van der Waals surface area contributed by atoms with Crippen LogP contribution < -0.4 is 15.2 Å². The highest BCUT2D eigenvalue weighted by Gasteiger charge is 2.38. The van der Waals surface area contributed by atoms with E-state index in [-0.39, 0.29) is 10.9 Å². The molecular weight excluding hydrogens is 381 g/mol. The van der Waals surface area contributed by atoms with Crippen molar-refractivity contribution in [1.82, 2.24) is 4.31 Å². The van der Waals surface area contributed by atoms with E-state index in [1.807, 2.05) is 0 Å². The second-order valence-corrected chi connectivity index (χ2v) is 7.17. The minimum absolute atomic E-state index is 0.0880. The first-order valence-corrected chi connectivity index (χ1v) is 8.65. The van der Waals surface area contributed by atoms with Crippen LogP contribution in [0.4, 0.5) is 13.2 Å². The van der Waals surface area contributed by atoms with Gasteiger partial charge in [-0.1, -0.05) is 0 Å². The molecule has 1 fully saturated rings. The number of nitrogens with zero attached hydrogens (tertiary/aromatic N) is 1. The van der Waals surface area contributed by atoms with Gasteiger partial charge in [-0.2, -0.15) is 17.5 Å². The number of halogens is 3. The van der Waals surface area contributed by atoms with Gasteiger partial charge in [0.25, 0.3) is 0 Å². The van der Waals surface area contributed by atoms with E-state index in [0.717, 1.165) is 0 Å². The Hall–Kier alpha value is -2.05. The van der Waals surface area contributed by atoms with Crippen molar-refractivity contribution in [2.75, 3.05) is 27.3 Å². The Balaban J connectivity index is 0.000000412. The summed E-state index contributed by atoms with van der Waals surface area (Å²) in [6.45, 7) is 0.814. The topological polar surface area (TPSA) is 119 Å². The Morgan fingerprint density at radius 3 is 2.19 bits per heavy atom. The van der Waals surface area contributed by atoms with Gasteiger partial charge in [0.1, 0.15) is 0 Å². The van der Waals surface area contributed by atoms with Gasteiger partial charge >= 0.3 is 12.1 Å². The largest absolute Gasteiger partial charge is 0.493 e. The lowest BCUT2D eigenvalue weighted by Crippen LogP contribution is -2.31. The fourth-order valence-electron chi connectivity index (χ4n) is 2.10. The molecule has 1 heterocycles. The van der Waals surface area contributed by atoms with Crippen molar-refractivity contribution >= 4 is 16.0 Å². The molecule has 0 amide bonds. The maximum Gasteiger partial charge on any atom is 0.490 e. The van der Waals surface area contributed by atoms with Crippen LogP contribution in [0.1, 0.15) is 6.42 Å². The fraction of sp³-hybridized carbons (Fsp3) is 0.500. The summed E-state index contributed by atoms with van der Waals surface area (Å²) in [4.78, 5) is 9.09. The van der Waals surface area contributed by atoms with Crippen LogP contribution in [0.3, 0.4) is 0 Å². The Kier molecular flexibility index (Phi) is 7.24. The molecule has 1 aliphatic rings. The monoisotopic (exact) mass is 400 g/mol. The third-order valence-electron chi connectivity index (χ3n) is 3.42. The number of hydrogen-bond donors (Lipinski definition) is 2. The number of nitrogens with two attached hydrogens (primary N) is 1. The van der Waals surface area contributed by atoms with Gasteiger partial charge in [0, 0.05) is 25.2 Å². The number of methoxy groups -OCH3 is 2. The average Bonchev–Trinajstić information content (AvgIpc) is 3.01. The van der Waals surface area contributed by atoms with E-state index >= 15 is 0 Å². The summed E-state index contributed by atoms with van der Waals surface area (Å²) in [6.07, 6.45) is -4.40. The van der Waals surface area contributed by atoms with Crippen LogP contribution in [-0.2, 0) is 14.8 Å². The normalized spacial score (nSPS) is 18.0. The number of carboxylic acids is 1. The van der Waals surface area contributed by atoms with E-state index in [1.165, 1.54) is 30.7 Å². The second-order valence-electron chi connectivity index (χ2n) is 5.23. The first-order chi connectivity index (χ1) is 11.9. The molecule has 1 aromatic rings. The molecular formula is C14H19F3N2O6S. The molecule has 1 aliphatic heterocycles. The lowest BCUT2D eigenvalue weighted by atomic mass is 10.3. The van der Waals surface area contributed by atoms with E-state index in [9.17, 15) is 21.6 Å². The molecule has 1 unspecified atom stereocenters. The number of alkyl halides is 3. The lowest BCUT2D eigenvalue weighted by molar-refractivity contribution is -0.192. The van der Waals surface area contributed by atoms with Gasteiger partial charge in [0.05, 0.1) is 19.1 Å². The molecule has 2 rings (SSSR count). The van der Waals surface area contributed by atoms with Crippen LogP contribution in [0, 0.1) is 0 Å². The Labute approximate surface area is 148 Å². The summed E-state index contributed by atoms with van der Waals surface area (Å²) >= 11 is 0. The van der Waals surface area contributed by atoms with Gasteiger partial charge in [0.2, 0.25) is 10.0 Å². The van der Waals surface area contributed by atoms with Gasteiger partial charge in [0.15, 0.2) is 11.5 Å². The van der Waals surface area contributed by atoms with Gasteiger partial charge in [-0.3, -0.25) is 0 Å². The van der Waals surface area contributed by atoms with Crippen LogP contribution in [0.5, 0.6) is 11.5 Å². The van der Waals surface area contributed by atoms with Gasteiger partial charge < -0.3 is 20.3 Å². The predicted molar refractivity (Wildman–Crippen MR) is 84.6 cm³/mol. The maximum atomic E-state index is 12.4. The molecule has 1 aromatic carbocycles. The average molecular weight is 400 g/mol. The Morgan fingerprint density at radius 1 is 1.27 bits per heavy atom. The Bertz CT molecular complexity index is 739. The maximum absolute atomic E-state index is 12.4. The minimum atomic E-state index is -5.08.